The zero-order valence-corrected chi connectivity index (χ0v) is 9.02. The molecule has 82 valence electrons. The Bertz CT molecular complexity index is 284. The van der Waals surface area contributed by atoms with Crippen LogP contribution < -0.4 is 11.5 Å². The number of halogens is 2. The molecule has 0 saturated heterocycles. The number of benzene rings is 1. The van der Waals surface area contributed by atoms with Crippen molar-refractivity contribution in [3.05, 3.63) is 23.8 Å². The van der Waals surface area contributed by atoms with E-state index in [0.717, 1.165) is 0 Å². The predicted octanol–water partition coefficient (Wildman–Crippen LogP) is 0.900. The van der Waals surface area contributed by atoms with E-state index in [9.17, 15) is 0 Å². The number of rotatable bonds is 2. The van der Waals surface area contributed by atoms with Gasteiger partial charge in [0.15, 0.2) is 11.5 Å². The highest BCUT2D eigenvalue weighted by Gasteiger charge is 2.06. The highest BCUT2D eigenvalue weighted by molar-refractivity contribution is 5.85. The lowest BCUT2D eigenvalue weighted by Crippen LogP contribution is -2.20. The average molecular weight is 241 g/mol. The van der Waals surface area contributed by atoms with Gasteiger partial charge in [-0.05, 0) is 17.7 Å². The molecule has 6 heteroatoms. The standard InChI is InChI=1S/C8H12N2O2.2ClH/c9-4-6(10)5-1-2-7(11)8(12)3-5;;/h1-3,6,11-12H,4,9-10H2;2*1H. The van der Waals surface area contributed by atoms with Crippen LogP contribution in [0.5, 0.6) is 11.5 Å². The summed E-state index contributed by atoms with van der Waals surface area (Å²) in [6.45, 7) is 0.310. The van der Waals surface area contributed by atoms with Gasteiger partial charge in [-0.15, -0.1) is 24.8 Å². The van der Waals surface area contributed by atoms with Crippen LogP contribution in [-0.2, 0) is 0 Å². The lowest BCUT2D eigenvalue weighted by molar-refractivity contribution is 0.402. The SMILES string of the molecule is Cl.Cl.NCC(N)c1ccc(O)c(O)c1. The Hall–Kier alpha value is -0.680. The largest absolute Gasteiger partial charge is 0.504 e. The van der Waals surface area contributed by atoms with Crippen molar-refractivity contribution in [3.63, 3.8) is 0 Å². The van der Waals surface area contributed by atoms with Gasteiger partial charge >= 0.3 is 0 Å². The molecule has 0 aliphatic heterocycles. The molecule has 1 aromatic rings. The van der Waals surface area contributed by atoms with Gasteiger partial charge in [0.25, 0.3) is 0 Å². The van der Waals surface area contributed by atoms with Gasteiger partial charge in [0.05, 0.1) is 0 Å². The van der Waals surface area contributed by atoms with E-state index < -0.39 is 0 Å². The number of nitrogens with two attached hydrogens (primary N) is 2. The van der Waals surface area contributed by atoms with Crippen LogP contribution in [0.1, 0.15) is 11.6 Å². The Balaban J connectivity index is 0. The van der Waals surface area contributed by atoms with Gasteiger partial charge in [-0.3, -0.25) is 0 Å². The third kappa shape index (κ3) is 3.59. The van der Waals surface area contributed by atoms with E-state index in [0.29, 0.717) is 12.1 Å². The first-order valence-electron chi connectivity index (χ1n) is 3.62. The first-order valence-corrected chi connectivity index (χ1v) is 3.62. The summed E-state index contributed by atoms with van der Waals surface area (Å²) in [5, 5.41) is 18.1. The van der Waals surface area contributed by atoms with Crippen LogP contribution in [0.15, 0.2) is 18.2 Å². The minimum atomic E-state index is -0.295. The maximum absolute atomic E-state index is 9.10. The highest BCUT2D eigenvalue weighted by Crippen LogP contribution is 2.26. The molecule has 0 bridgehead atoms. The van der Waals surface area contributed by atoms with E-state index in [2.05, 4.69) is 0 Å². The van der Waals surface area contributed by atoms with Crippen LogP contribution in [0.3, 0.4) is 0 Å². The summed E-state index contributed by atoms with van der Waals surface area (Å²) in [6.07, 6.45) is 0. The first kappa shape index (κ1) is 15.8. The van der Waals surface area contributed by atoms with Crippen molar-refractivity contribution in [3.8, 4) is 11.5 Å². The molecule has 4 nitrogen and oxygen atoms in total. The van der Waals surface area contributed by atoms with Crippen molar-refractivity contribution in [2.75, 3.05) is 6.54 Å². The maximum Gasteiger partial charge on any atom is 0.157 e. The van der Waals surface area contributed by atoms with E-state index in [-0.39, 0.29) is 42.4 Å². The van der Waals surface area contributed by atoms with Crippen molar-refractivity contribution >= 4 is 24.8 Å². The maximum atomic E-state index is 9.10. The monoisotopic (exact) mass is 240 g/mol. The minimum absolute atomic E-state index is 0. The molecule has 1 aromatic carbocycles. The number of aromatic hydroxyl groups is 2. The van der Waals surface area contributed by atoms with E-state index in [4.69, 9.17) is 21.7 Å². The van der Waals surface area contributed by atoms with Crippen LogP contribution in [0.2, 0.25) is 0 Å². The van der Waals surface area contributed by atoms with Gasteiger partial charge < -0.3 is 21.7 Å². The highest BCUT2D eigenvalue weighted by atomic mass is 35.5. The lowest BCUT2D eigenvalue weighted by Gasteiger charge is -2.09. The smallest absolute Gasteiger partial charge is 0.157 e. The van der Waals surface area contributed by atoms with Crippen molar-refractivity contribution in [2.24, 2.45) is 11.5 Å². The van der Waals surface area contributed by atoms with Crippen LogP contribution in [0.25, 0.3) is 0 Å². The molecule has 1 atom stereocenters. The number of hydrogen-bond donors (Lipinski definition) is 4. The molecule has 1 unspecified atom stereocenters. The molecule has 14 heavy (non-hydrogen) atoms. The number of phenols is 2. The van der Waals surface area contributed by atoms with E-state index in [1.807, 2.05) is 0 Å². The fourth-order valence-electron chi connectivity index (χ4n) is 0.907. The third-order valence-corrected chi connectivity index (χ3v) is 1.68. The summed E-state index contributed by atoms with van der Waals surface area (Å²) in [5.74, 6) is -0.320. The quantitative estimate of drug-likeness (QED) is 0.579. The zero-order chi connectivity index (χ0) is 9.14. The molecular weight excluding hydrogens is 227 g/mol. The van der Waals surface area contributed by atoms with Crippen LogP contribution in [0.4, 0.5) is 0 Å². The van der Waals surface area contributed by atoms with Gasteiger partial charge in [-0.2, -0.15) is 0 Å². The molecule has 0 aliphatic rings. The molecule has 0 spiro atoms. The zero-order valence-electron chi connectivity index (χ0n) is 7.38. The topological polar surface area (TPSA) is 92.5 Å². The molecule has 0 heterocycles. The molecule has 0 aliphatic carbocycles. The minimum Gasteiger partial charge on any atom is -0.504 e. The van der Waals surface area contributed by atoms with Gasteiger partial charge in [-0.25, -0.2) is 0 Å². The Labute approximate surface area is 94.7 Å². The van der Waals surface area contributed by atoms with Crippen molar-refractivity contribution in [1.29, 1.82) is 0 Å². The van der Waals surface area contributed by atoms with Crippen molar-refractivity contribution in [2.45, 2.75) is 6.04 Å². The Morgan fingerprint density at radius 3 is 2.14 bits per heavy atom. The fourth-order valence-corrected chi connectivity index (χ4v) is 0.907. The Kier molecular flexibility index (Phi) is 7.58. The van der Waals surface area contributed by atoms with E-state index in [1.165, 1.54) is 12.1 Å². The molecule has 0 amide bonds. The Morgan fingerprint density at radius 1 is 1.14 bits per heavy atom. The molecular formula is C8H14Cl2N2O2. The van der Waals surface area contributed by atoms with Gasteiger partial charge in [0, 0.05) is 12.6 Å². The second-order valence-corrected chi connectivity index (χ2v) is 2.59. The third-order valence-electron chi connectivity index (χ3n) is 1.68. The predicted molar refractivity (Wildman–Crippen MR) is 60.3 cm³/mol. The van der Waals surface area contributed by atoms with Crippen molar-refractivity contribution < 1.29 is 10.2 Å². The summed E-state index contributed by atoms with van der Waals surface area (Å²) in [5.41, 5.74) is 11.6. The Morgan fingerprint density at radius 2 is 1.71 bits per heavy atom. The molecule has 0 saturated carbocycles. The fraction of sp³-hybridized carbons (Fsp3) is 0.250. The number of phenolic OH excluding ortho intramolecular Hbond substituents is 2. The summed E-state index contributed by atoms with van der Waals surface area (Å²) in [7, 11) is 0. The van der Waals surface area contributed by atoms with Gasteiger partial charge in [0.1, 0.15) is 0 Å². The number of hydrogen-bond acceptors (Lipinski definition) is 4. The normalized spacial score (nSPS) is 11.0. The molecule has 6 N–H and O–H groups in total. The van der Waals surface area contributed by atoms with E-state index in [1.54, 1.807) is 6.07 Å². The van der Waals surface area contributed by atoms with Gasteiger partial charge in [0.2, 0.25) is 0 Å². The van der Waals surface area contributed by atoms with Crippen molar-refractivity contribution in [1.82, 2.24) is 0 Å². The molecule has 0 fully saturated rings. The van der Waals surface area contributed by atoms with E-state index >= 15 is 0 Å². The molecule has 0 aromatic heterocycles. The second-order valence-electron chi connectivity index (χ2n) is 2.59. The summed E-state index contributed by atoms with van der Waals surface area (Å²) < 4.78 is 0. The average Bonchev–Trinajstić information content (AvgIpc) is 2.08. The van der Waals surface area contributed by atoms with Crippen LogP contribution in [-0.4, -0.2) is 16.8 Å². The van der Waals surface area contributed by atoms with Crippen LogP contribution in [0, 0.1) is 0 Å². The summed E-state index contributed by atoms with van der Waals surface area (Å²) in [6, 6.07) is 4.14. The second kappa shape index (κ2) is 6.73. The summed E-state index contributed by atoms with van der Waals surface area (Å²) >= 11 is 0. The molecule has 1 rings (SSSR count). The summed E-state index contributed by atoms with van der Waals surface area (Å²) in [4.78, 5) is 0. The first-order chi connectivity index (χ1) is 5.65. The lowest BCUT2D eigenvalue weighted by atomic mass is 10.1. The van der Waals surface area contributed by atoms with Gasteiger partial charge in [-0.1, -0.05) is 6.07 Å². The van der Waals surface area contributed by atoms with Crippen LogP contribution >= 0.6 is 24.8 Å². The molecule has 0 radical (unpaired) electrons.